The lowest BCUT2D eigenvalue weighted by atomic mass is 9.90. The van der Waals surface area contributed by atoms with E-state index in [9.17, 15) is 8.78 Å². The molecule has 5 rings (SSSR count). The topological polar surface area (TPSA) is 67.9 Å². The van der Waals surface area contributed by atoms with Crippen LogP contribution in [0.25, 0.3) is 11.0 Å². The highest BCUT2D eigenvalue weighted by molar-refractivity contribution is 5.82. The normalized spacial score (nSPS) is 17.8. The Bertz CT molecular complexity index is 1060. The van der Waals surface area contributed by atoms with Gasteiger partial charge in [0.2, 0.25) is 0 Å². The lowest BCUT2D eigenvalue weighted by molar-refractivity contribution is 0.396. The molecule has 3 aromatic rings. The van der Waals surface area contributed by atoms with Crippen molar-refractivity contribution in [2.75, 3.05) is 23.7 Å². The zero-order chi connectivity index (χ0) is 20.0. The Balaban J connectivity index is 1.33. The van der Waals surface area contributed by atoms with E-state index in [-0.39, 0.29) is 0 Å². The maximum atomic E-state index is 14.0. The standard InChI is InChI=1S/C22H23F2N5/c23-16-4-3-15(17(24)12-16)11-13-6-9-29(10-7-13)22-21(25)27-18-5-8-26-19(14-1-2-14)20(18)28-22/h3-5,8,12-14H,1-2,6-7,9-11H2,(H2,25,27). The largest absolute Gasteiger partial charge is 0.381 e. The molecule has 1 saturated carbocycles. The number of piperidine rings is 1. The van der Waals surface area contributed by atoms with Crippen molar-refractivity contribution in [3.05, 3.63) is 53.4 Å². The van der Waals surface area contributed by atoms with E-state index in [1.807, 2.05) is 6.07 Å². The van der Waals surface area contributed by atoms with E-state index in [0.717, 1.165) is 67.4 Å². The third-order valence-electron chi connectivity index (χ3n) is 6.02. The van der Waals surface area contributed by atoms with Gasteiger partial charge in [-0.25, -0.2) is 18.7 Å². The monoisotopic (exact) mass is 395 g/mol. The van der Waals surface area contributed by atoms with Gasteiger partial charge in [-0.05, 0) is 55.7 Å². The number of halogens is 2. The maximum Gasteiger partial charge on any atom is 0.172 e. The van der Waals surface area contributed by atoms with Gasteiger partial charge in [0.05, 0.1) is 11.2 Å². The van der Waals surface area contributed by atoms with E-state index in [2.05, 4.69) is 14.9 Å². The number of nitrogens with zero attached hydrogens (tertiary/aromatic N) is 4. The highest BCUT2D eigenvalue weighted by Crippen LogP contribution is 2.42. The van der Waals surface area contributed by atoms with Gasteiger partial charge >= 0.3 is 0 Å². The molecule has 0 spiro atoms. The van der Waals surface area contributed by atoms with E-state index < -0.39 is 11.6 Å². The summed E-state index contributed by atoms with van der Waals surface area (Å²) in [6.45, 7) is 1.58. The van der Waals surface area contributed by atoms with Crippen LogP contribution < -0.4 is 10.6 Å². The van der Waals surface area contributed by atoms with Crippen LogP contribution >= 0.6 is 0 Å². The number of nitrogens with two attached hydrogens (primary N) is 1. The molecule has 7 heteroatoms. The molecule has 0 amide bonds. The molecular formula is C22H23F2N5. The molecule has 2 fully saturated rings. The number of hydrogen-bond donors (Lipinski definition) is 1. The SMILES string of the molecule is Nc1nc2ccnc(C3CC3)c2nc1N1CCC(Cc2ccc(F)cc2F)CC1. The summed E-state index contributed by atoms with van der Waals surface area (Å²) in [5.74, 6) is 1.00. The summed E-state index contributed by atoms with van der Waals surface area (Å²) < 4.78 is 27.1. The van der Waals surface area contributed by atoms with Crippen LogP contribution in [0, 0.1) is 17.6 Å². The van der Waals surface area contributed by atoms with Gasteiger partial charge in [-0.2, -0.15) is 0 Å². The Morgan fingerprint density at radius 3 is 2.55 bits per heavy atom. The van der Waals surface area contributed by atoms with Crippen molar-refractivity contribution >= 4 is 22.7 Å². The van der Waals surface area contributed by atoms with Gasteiger partial charge in [-0.3, -0.25) is 4.98 Å². The predicted octanol–water partition coefficient (Wildman–Crippen LogP) is 4.22. The summed E-state index contributed by atoms with van der Waals surface area (Å²) in [5, 5.41) is 0. The minimum atomic E-state index is -0.536. The van der Waals surface area contributed by atoms with Gasteiger partial charge in [-0.15, -0.1) is 0 Å². The van der Waals surface area contributed by atoms with Crippen molar-refractivity contribution < 1.29 is 8.78 Å². The van der Waals surface area contributed by atoms with Gasteiger partial charge < -0.3 is 10.6 Å². The van der Waals surface area contributed by atoms with Gasteiger partial charge in [-0.1, -0.05) is 6.07 Å². The van der Waals surface area contributed by atoms with Gasteiger partial charge in [0.15, 0.2) is 11.6 Å². The van der Waals surface area contributed by atoms with Crippen LogP contribution in [-0.4, -0.2) is 28.0 Å². The quantitative estimate of drug-likeness (QED) is 0.716. The Morgan fingerprint density at radius 2 is 1.83 bits per heavy atom. The second-order valence-corrected chi connectivity index (χ2v) is 8.14. The minimum Gasteiger partial charge on any atom is -0.381 e. The number of fused-ring (bicyclic) bond motifs is 1. The van der Waals surface area contributed by atoms with Gasteiger partial charge in [0, 0.05) is 31.3 Å². The molecule has 29 heavy (non-hydrogen) atoms. The average molecular weight is 395 g/mol. The molecule has 2 aliphatic rings. The van der Waals surface area contributed by atoms with Crippen molar-refractivity contribution in [1.29, 1.82) is 0 Å². The van der Waals surface area contributed by atoms with Crippen molar-refractivity contribution in [1.82, 2.24) is 15.0 Å². The van der Waals surface area contributed by atoms with Gasteiger partial charge in [0.1, 0.15) is 17.2 Å². The van der Waals surface area contributed by atoms with Crippen molar-refractivity contribution in [3.63, 3.8) is 0 Å². The maximum absolute atomic E-state index is 14.0. The molecule has 0 atom stereocenters. The number of aromatic nitrogens is 3. The molecule has 2 aromatic heterocycles. The van der Waals surface area contributed by atoms with Crippen LogP contribution in [0.5, 0.6) is 0 Å². The molecular weight excluding hydrogens is 372 g/mol. The average Bonchev–Trinajstić information content (AvgIpc) is 3.55. The van der Waals surface area contributed by atoms with E-state index in [4.69, 9.17) is 10.7 Å². The smallest absolute Gasteiger partial charge is 0.172 e. The zero-order valence-corrected chi connectivity index (χ0v) is 16.1. The molecule has 2 N–H and O–H groups in total. The Hall–Kier alpha value is -2.83. The first-order chi connectivity index (χ1) is 14.1. The predicted molar refractivity (Wildman–Crippen MR) is 109 cm³/mol. The second-order valence-electron chi connectivity index (χ2n) is 8.14. The van der Waals surface area contributed by atoms with Crippen LogP contribution in [0.3, 0.4) is 0 Å². The van der Waals surface area contributed by atoms with Gasteiger partial charge in [0.25, 0.3) is 0 Å². The fourth-order valence-corrected chi connectivity index (χ4v) is 4.24. The van der Waals surface area contributed by atoms with Crippen LogP contribution in [0.1, 0.15) is 42.9 Å². The summed E-state index contributed by atoms with van der Waals surface area (Å²) in [4.78, 5) is 16.1. The molecule has 0 bridgehead atoms. The molecule has 1 aliphatic heterocycles. The number of anilines is 2. The molecule has 0 unspecified atom stereocenters. The first-order valence-corrected chi connectivity index (χ1v) is 10.2. The highest BCUT2D eigenvalue weighted by Gasteiger charge is 2.29. The van der Waals surface area contributed by atoms with Crippen LogP contribution in [0.15, 0.2) is 30.5 Å². The van der Waals surface area contributed by atoms with E-state index >= 15 is 0 Å². The summed E-state index contributed by atoms with van der Waals surface area (Å²) in [5.41, 5.74) is 9.49. The van der Waals surface area contributed by atoms with E-state index in [1.165, 1.54) is 6.07 Å². The van der Waals surface area contributed by atoms with Crippen molar-refractivity contribution in [2.24, 2.45) is 5.92 Å². The summed E-state index contributed by atoms with van der Waals surface area (Å²) in [6.07, 6.45) is 6.51. The Kier molecular flexibility index (Phi) is 4.53. The van der Waals surface area contributed by atoms with Crippen LogP contribution in [0.2, 0.25) is 0 Å². The fraction of sp³-hybridized carbons (Fsp3) is 0.409. The molecule has 1 aromatic carbocycles. The minimum absolute atomic E-state index is 0.351. The summed E-state index contributed by atoms with van der Waals surface area (Å²) in [7, 11) is 0. The molecule has 1 saturated heterocycles. The van der Waals surface area contributed by atoms with E-state index in [1.54, 1.807) is 12.3 Å². The second kappa shape index (κ2) is 7.21. The first-order valence-electron chi connectivity index (χ1n) is 10.2. The number of pyridine rings is 1. The summed E-state index contributed by atoms with van der Waals surface area (Å²) >= 11 is 0. The Labute approximate surface area is 168 Å². The van der Waals surface area contributed by atoms with Crippen LogP contribution in [0.4, 0.5) is 20.4 Å². The molecule has 1 aliphatic carbocycles. The first kappa shape index (κ1) is 18.2. The number of nitrogen functional groups attached to an aromatic ring is 1. The molecule has 150 valence electrons. The van der Waals surface area contributed by atoms with Crippen molar-refractivity contribution in [3.8, 4) is 0 Å². The number of rotatable bonds is 4. The third-order valence-corrected chi connectivity index (χ3v) is 6.02. The molecule has 5 nitrogen and oxygen atoms in total. The lowest BCUT2D eigenvalue weighted by Crippen LogP contribution is -2.35. The van der Waals surface area contributed by atoms with Crippen molar-refractivity contribution in [2.45, 2.75) is 38.0 Å². The zero-order valence-electron chi connectivity index (χ0n) is 16.1. The summed E-state index contributed by atoms with van der Waals surface area (Å²) in [6, 6.07) is 5.69. The lowest BCUT2D eigenvalue weighted by Gasteiger charge is -2.33. The fourth-order valence-electron chi connectivity index (χ4n) is 4.24. The molecule has 3 heterocycles. The number of benzene rings is 1. The Morgan fingerprint density at radius 1 is 1.03 bits per heavy atom. The molecule has 0 radical (unpaired) electrons. The highest BCUT2D eigenvalue weighted by atomic mass is 19.1. The third kappa shape index (κ3) is 3.61. The number of hydrogen-bond acceptors (Lipinski definition) is 5. The van der Waals surface area contributed by atoms with Crippen LogP contribution in [-0.2, 0) is 6.42 Å². The van der Waals surface area contributed by atoms with E-state index in [0.29, 0.717) is 29.6 Å².